The third-order valence-corrected chi connectivity index (χ3v) is 6.57. The van der Waals surface area contributed by atoms with Crippen molar-refractivity contribution in [1.82, 2.24) is 4.57 Å². The summed E-state index contributed by atoms with van der Waals surface area (Å²) in [6, 6.07) is 14.4. The molecule has 0 spiro atoms. The number of halogens is 2. The maximum atomic E-state index is 14.6. The average molecular weight is 542 g/mol. The Balaban J connectivity index is 1.89. The smallest absolute Gasteiger partial charge is 0.341 e. The fourth-order valence-corrected chi connectivity index (χ4v) is 4.61. The van der Waals surface area contributed by atoms with Crippen LogP contribution in [0.3, 0.4) is 0 Å². The van der Waals surface area contributed by atoms with E-state index in [1.165, 1.54) is 6.07 Å². The van der Waals surface area contributed by atoms with E-state index in [1.54, 1.807) is 23.6 Å². The first-order valence-corrected chi connectivity index (χ1v) is 11.4. The highest BCUT2D eigenvalue weighted by atomic mass is 127. The quantitative estimate of drug-likeness (QED) is 0.319. The SMILES string of the molecule is Cc1c(Nc2ccc(I)cc2F)c2c(=O)n(C3CC3)c(C)c(-c3ccccc3)c2oc1=O. The molecular formula is C25H20FIN2O3. The fraction of sp³-hybridized carbons (Fsp3) is 0.200. The highest BCUT2D eigenvalue weighted by Gasteiger charge is 2.31. The summed E-state index contributed by atoms with van der Waals surface area (Å²) in [6.45, 7) is 3.47. The van der Waals surface area contributed by atoms with Gasteiger partial charge < -0.3 is 14.3 Å². The molecule has 0 unspecified atom stereocenters. The minimum absolute atomic E-state index is 0.115. The molecule has 2 aromatic heterocycles. The summed E-state index contributed by atoms with van der Waals surface area (Å²) in [5, 5.41) is 3.29. The van der Waals surface area contributed by atoms with E-state index in [4.69, 9.17) is 4.42 Å². The molecule has 7 heteroatoms. The van der Waals surface area contributed by atoms with Gasteiger partial charge in [-0.15, -0.1) is 0 Å². The lowest BCUT2D eigenvalue weighted by molar-refractivity contribution is 0.553. The Labute approximate surface area is 197 Å². The summed E-state index contributed by atoms with van der Waals surface area (Å²) in [6.07, 6.45) is 1.84. The first-order valence-electron chi connectivity index (χ1n) is 10.4. The second kappa shape index (κ2) is 7.88. The summed E-state index contributed by atoms with van der Waals surface area (Å²) >= 11 is 2.03. The fourth-order valence-electron chi connectivity index (χ4n) is 4.16. The van der Waals surface area contributed by atoms with Gasteiger partial charge in [-0.1, -0.05) is 30.3 Å². The molecule has 2 heterocycles. The van der Waals surface area contributed by atoms with E-state index in [1.807, 2.05) is 59.8 Å². The number of nitrogens with one attached hydrogen (secondary N) is 1. The Morgan fingerprint density at radius 3 is 2.47 bits per heavy atom. The molecule has 5 nitrogen and oxygen atoms in total. The molecule has 0 amide bonds. The van der Waals surface area contributed by atoms with Gasteiger partial charge in [0.15, 0.2) is 5.58 Å². The van der Waals surface area contributed by atoms with Crippen molar-refractivity contribution < 1.29 is 8.81 Å². The Bertz CT molecular complexity index is 1490. The van der Waals surface area contributed by atoms with Crippen LogP contribution in [0.15, 0.2) is 62.5 Å². The summed E-state index contributed by atoms with van der Waals surface area (Å²) in [4.78, 5) is 26.5. The van der Waals surface area contributed by atoms with Crippen LogP contribution < -0.4 is 16.5 Å². The van der Waals surface area contributed by atoms with Crippen LogP contribution in [0.4, 0.5) is 15.8 Å². The molecule has 4 aromatic rings. The van der Waals surface area contributed by atoms with Gasteiger partial charge in [0.1, 0.15) is 11.2 Å². The number of rotatable bonds is 4. The van der Waals surface area contributed by atoms with Crippen molar-refractivity contribution in [1.29, 1.82) is 0 Å². The summed E-state index contributed by atoms with van der Waals surface area (Å²) in [5.41, 5.74) is 2.45. The maximum absolute atomic E-state index is 14.6. The summed E-state index contributed by atoms with van der Waals surface area (Å²) in [5.74, 6) is -0.462. The molecule has 0 radical (unpaired) electrons. The summed E-state index contributed by atoms with van der Waals surface area (Å²) < 4.78 is 22.9. The molecule has 162 valence electrons. The normalized spacial score (nSPS) is 13.5. The van der Waals surface area contributed by atoms with Crippen molar-refractivity contribution in [2.24, 2.45) is 0 Å². The van der Waals surface area contributed by atoms with E-state index in [2.05, 4.69) is 5.32 Å². The van der Waals surface area contributed by atoms with Crippen molar-refractivity contribution in [2.75, 3.05) is 5.32 Å². The second-order valence-electron chi connectivity index (χ2n) is 8.08. The molecule has 1 N–H and O–H groups in total. The zero-order valence-corrected chi connectivity index (χ0v) is 19.7. The van der Waals surface area contributed by atoms with Crippen LogP contribution in [-0.2, 0) is 0 Å². The molecule has 0 bridgehead atoms. The van der Waals surface area contributed by atoms with Gasteiger partial charge in [0.05, 0.1) is 16.9 Å². The molecule has 1 fully saturated rings. The van der Waals surface area contributed by atoms with Crippen LogP contribution in [0.1, 0.15) is 30.1 Å². The Kier molecular flexibility index (Phi) is 5.16. The van der Waals surface area contributed by atoms with Gasteiger partial charge in [-0.3, -0.25) is 4.79 Å². The van der Waals surface area contributed by atoms with Crippen LogP contribution in [0.25, 0.3) is 22.1 Å². The molecule has 0 aliphatic heterocycles. The van der Waals surface area contributed by atoms with E-state index in [0.717, 1.165) is 27.7 Å². The van der Waals surface area contributed by atoms with Crippen LogP contribution in [-0.4, -0.2) is 4.57 Å². The molecule has 32 heavy (non-hydrogen) atoms. The molecule has 1 aliphatic rings. The van der Waals surface area contributed by atoms with Crippen molar-refractivity contribution in [3.63, 3.8) is 0 Å². The Morgan fingerprint density at radius 2 is 1.81 bits per heavy atom. The number of anilines is 2. The predicted octanol–water partition coefficient (Wildman–Crippen LogP) is 6.06. The molecule has 0 atom stereocenters. The van der Waals surface area contributed by atoms with E-state index in [0.29, 0.717) is 5.56 Å². The molecule has 0 saturated heterocycles. The van der Waals surface area contributed by atoms with E-state index < -0.39 is 11.4 Å². The second-order valence-corrected chi connectivity index (χ2v) is 9.32. The maximum Gasteiger partial charge on any atom is 0.341 e. The zero-order valence-electron chi connectivity index (χ0n) is 17.5. The van der Waals surface area contributed by atoms with Crippen LogP contribution in [0, 0.1) is 23.2 Å². The molecule has 5 rings (SSSR count). The highest BCUT2D eigenvalue weighted by Crippen LogP contribution is 2.40. The van der Waals surface area contributed by atoms with Gasteiger partial charge in [0, 0.05) is 20.9 Å². The van der Waals surface area contributed by atoms with Gasteiger partial charge in [-0.2, -0.15) is 0 Å². The molecule has 2 aromatic carbocycles. The molecular weight excluding hydrogens is 522 g/mol. The lowest BCUT2D eigenvalue weighted by Crippen LogP contribution is -2.25. The zero-order chi connectivity index (χ0) is 22.6. The predicted molar refractivity (Wildman–Crippen MR) is 132 cm³/mol. The van der Waals surface area contributed by atoms with Crippen LogP contribution in [0.2, 0.25) is 0 Å². The summed E-state index contributed by atoms with van der Waals surface area (Å²) in [7, 11) is 0. The first kappa shape index (κ1) is 20.9. The molecule has 1 aliphatic carbocycles. The van der Waals surface area contributed by atoms with Gasteiger partial charge >= 0.3 is 5.63 Å². The number of benzene rings is 2. The van der Waals surface area contributed by atoms with Crippen molar-refractivity contribution >= 4 is 44.9 Å². The third-order valence-electron chi connectivity index (χ3n) is 5.90. The van der Waals surface area contributed by atoms with Crippen LogP contribution >= 0.6 is 22.6 Å². The number of hydrogen-bond acceptors (Lipinski definition) is 4. The number of hydrogen-bond donors (Lipinski definition) is 1. The first-order chi connectivity index (χ1) is 15.4. The van der Waals surface area contributed by atoms with Gasteiger partial charge in [0.25, 0.3) is 5.56 Å². The highest BCUT2D eigenvalue weighted by molar-refractivity contribution is 14.1. The van der Waals surface area contributed by atoms with Crippen molar-refractivity contribution in [3.8, 4) is 11.1 Å². The van der Waals surface area contributed by atoms with Gasteiger partial charge in [-0.25, -0.2) is 9.18 Å². The number of fused-ring (bicyclic) bond motifs is 1. The Hall–Kier alpha value is -2.94. The van der Waals surface area contributed by atoms with Gasteiger partial charge in [0.2, 0.25) is 0 Å². The lowest BCUT2D eigenvalue weighted by Gasteiger charge is -2.19. The van der Waals surface area contributed by atoms with Gasteiger partial charge in [-0.05, 0) is 73.0 Å². The average Bonchev–Trinajstić information content (AvgIpc) is 3.59. The lowest BCUT2D eigenvalue weighted by atomic mass is 10.00. The topological polar surface area (TPSA) is 64.2 Å². The monoisotopic (exact) mass is 542 g/mol. The number of nitrogens with zero attached hydrogens (tertiary/aromatic N) is 1. The Morgan fingerprint density at radius 1 is 1.09 bits per heavy atom. The van der Waals surface area contributed by atoms with Crippen molar-refractivity contribution in [2.45, 2.75) is 32.7 Å². The van der Waals surface area contributed by atoms with Crippen molar-refractivity contribution in [3.05, 3.63) is 89.9 Å². The van der Waals surface area contributed by atoms with E-state index in [9.17, 15) is 14.0 Å². The minimum atomic E-state index is -0.564. The minimum Gasteiger partial charge on any atom is -0.421 e. The third kappa shape index (κ3) is 3.44. The standard InChI is InChI=1S/C25H20FIN2O3/c1-13-22(28-19-11-8-16(27)12-18(19)26)21-23(32-25(13)31)20(15-6-4-3-5-7-15)14(2)29(24(21)30)17-9-10-17/h3-8,11-12,17,28H,9-10H2,1-2H3. The van der Waals surface area contributed by atoms with Crippen LogP contribution in [0.5, 0.6) is 0 Å². The van der Waals surface area contributed by atoms with E-state index in [-0.39, 0.29) is 39.5 Å². The van der Waals surface area contributed by atoms with E-state index >= 15 is 0 Å². The number of pyridine rings is 1. The molecule has 1 saturated carbocycles. The number of aromatic nitrogens is 1. The largest absolute Gasteiger partial charge is 0.421 e.